The average molecular weight is 296 g/mol. The van der Waals surface area contributed by atoms with Crippen LogP contribution in [0.5, 0.6) is 0 Å². The topological polar surface area (TPSA) is 74.1 Å². The smallest absolute Gasteiger partial charge is 0.296 e. The first-order valence-corrected chi connectivity index (χ1v) is 7.84. The molecule has 0 aliphatic heterocycles. The van der Waals surface area contributed by atoms with Gasteiger partial charge in [-0.1, -0.05) is 13.8 Å². The Labute approximate surface area is 112 Å². The molecule has 0 fully saturated rings. The van der Waals surface area contributed by atoms with Crippen LogP contribution in [0.4, 0.5) is 0 Å². The van der Waals surface area contributed by atoms with Crippen molar-refractivity contribution in [2.75, 3.05) is 7.11 Å². The Balaban J connectivity index is 3.42. The molecule has 0 atom stereocenters. The van der Waals surface area contributed by atoms with E-state index in [2.05, 4.69) is 10.2 Å². The van der Waals surface area contributed by atoms with Crippen LogP contribution >= 0.6 is 10.7 Å². The molecule has 6 nitrogen and oxygen atoms in total. The van der Waals surface area contributed by atoms with E-state index in [1.165, 1.54) is 11.7 Å². The lowest BCUT2D eigenvalue weighted by atomic mass is 10.1. The Morgan fingerprint density at radius 1 is 1.39 bits per heavy atom. The molecular formula is C10H18ClN3O3S. The second-order valence-electron chi connectivity index (χ2n) is 4.96. The van der Waals surface area contributed by atoms with Gasteiger partial charge < -0.3 is 4.74 Å². The largest absolute Gasteiger partial charge is 0.371 e. The van der Waals surface area contributed by atoms with E-state index < -0.39 is 14.7 Å². The molecule has 0 unspecified atom stereocenters. The third-order valence-corrected chi connectivity index (χ3v) is 3.68. The molecular weight excluding hydrogens is 278 g/mol. The van der Waals surface area contributed by atoms with Crippen LogP contribution in [0.15, 0.2) is 5.16 Å². The van der Waals surface area contributed by atoms with Gasteiger partial charge in [-0.2, -0.15) is 0 Å². The normalized spacial score (nSPS) is 13.3. The monoisotopic (exact) mass is 295 g/mol. The van der Waals surface area contributed by atoms with E-state index in [-0.39, 0.29) is 11.1 Å². The van der Waals surface area contributed by atoms with Gasteiger partial charge in [-0.3, -0.25) is 4.57 Å². The van der Waals surface area contributed by atoms with E-state index in [0.717, 1.165) is 0 Å². The van der Waals surface area contributed by atoms with Crippen LogP contribution in [0.3, 0.4) is 0 Å². The van der Waals surface area contributed by atoms with Crippen molar-refractivity contribution in [2.24, 2.45) is 5.92 Å². The Morgan fingerprint density at radius 3 is 2.33 bits per heavy atom. The summed E-state index contributed by atoms with van der Waals surface area (Å²) in [6.45, 7) is 7.97. The van der Waals surface area contributed by atoms with Crippen LogP contribution in [0.25, 0.3) is 0 Å². The van der Waals surface area contributed by atoms with Crippen LogP contribution in [-0.2, 0) is 25.9 Å². The number of hydrogen-bond acceptors (Lipinski definition) is 5. The van der Waals surface area contributed by atoms with Gasteiger partial charge in [-0.05, 0) is 19.8 Å². The van der Waals surface area contributed by atoms with Gasteiger partial charge in [0.05, 0.1) is 0 Å². The first-order chi connectivity index (χ1) is 8.09. The van der Waals surface area contributed by atoms with Crippen LogP contribution in [0, 0.1) is 5.92 Å². The van der Waals surface area contributed by atoms with Crippen molar-refractivity contribution in [2.45, 2.75) is 45.0 Å². The highest BCUT2D eigenvalue weighted by atomic mass is 35.7. The number of aromatic nitrogens is 3. The Hall–Kier alpha value is -0.660. The average Bonchev–Trinajstić information content (AvgIpc) is 2.60. The third-order valence-electron chi connectivity index (χ3n) is 2.53. The molecule has 0 N–H and O–H groups in total. The van der Waals surface area contributed by atoms with Crippen LogP contribution in [-0.4, -0.2) is 30.3 Å². The molecule has 0 radical (unpaired) electrons. The minimum atomic E-state index is -3.92. The second kappa shape index (κ2) is 5.14. The first-order valence-electron chi connectivity index (χ1n) is 5.53. The summed E-state index contributed by atoms with van der Waals surface area (Å²) < 4.78 is 29.7. The van der Waals surface area contributed by atoms with Gasteiger partial charge in [-0.15, -0.1) is 10.2 Å². The number of ether oxygens (including phenoxy) is 1. The first kappa shape index (κ1) is 15.4. The van der Waals surface area contributed by atoms with Gasteiger partial charge in [-0.25, -0.2) is 8.42 Å². The fraction of sp³-hybridized carbons (Fsp3) is 0.800. The zero-order chi connectivity index (χ0) is 14.1. The predicted octanol–water partition coefficient (Wildman–Crippen LogP) is 1.74. The summed E-state index contributed by atoms with van der Waals surface area (Å²) in [5.41, 5.74) is -0.734. The fourth-order valence-corrected chi connectivity index (χ4v) is 2.44. The quantitative estimate of drug-likeness (QED) is 0.774. The van der Waals surface area contributed by atoms with Crippen molar-refractivity contribution in [3.05, 3.63) is 5.82 Å². The highest BCUT2D eigenvalue weighted by Gasteiger charge is 2.32. The number of hydrogen-bond donors (Lipinski definition) is 0. The van der Waals surface area contributed by atoms with Crippen LogP contribution in [0.1, 0.15) is 33.5 Å². The molecule has 1 heterocycles. The van der Waals surface area contributed by atoms with E-state index in [9.17, 15) is 8.42 Å². The van der Waals surface area contributed by atoms with Gasteiger partial charge in [0.2, 0.25) is 0 Å². The molecule has 0 spiro atoms. The zero-order valence-corrected chi connectivity index (χ0v) is 12.7. The number of halogens is 1. The van der Waals surface area contributed by atoms with Crippen LogP contribution < -0.4 is 0 Å². The predicted molar refractivity (Wildman–Crippen MR) is 67.9 cm³/mol. The van der Waals surface area contributed by atoms with Crippen molar-refractivity contribution >= 4 is 19.7 Å². The Kier molecular flexibility index (Phi) is 4.40. The van der Waals surface area contributed by atoms with Gasteiger partial charge >= 0.3 is 0 Å². The molecule has 0 saturated heterocycles. The molecule has 0 amide bonds. The van der Waals surface area contributed by atoms with Crippen molar-refractivity contribution in [1.82, 2.24) is 14.8 Å². The molecule has 0 aliphatic rings. The molecule has 1 rings (SSSR count). The Morgan fingerprint density at radius 2 is 1.94 bits per heavy atom. The number of methoxy groups -OCH3 is 1. The van der Waals surface area contributed by atoms with Gasteiger partial charge in [0.25, 0.3) is 14.2 Å². The summed E-state index contributed by atoms with van der Waals surface area (Å²) in [5, 5.41) is 7.33. The van der Waals surface area contributed by atoms with Gasteiger partial charge in [0.15, 0.2) is 5.82 Å². The minimum absolute atomic E-state index is 0.226. The Bertz CT molecular complexity index is 522. The van der Waals surface area contributed by atoms with Gasteiger partial charge in [0.1, 0.15) is 5.60 Å². The molecule has 18 heavy (non-hydrogen) atoms. The maximum atomic E-state index is 11.5. The molecule has 0 aliphatic carbocycles. The molecule has 104 valence electrons. The van der Waals surface area contributed by atoms with E-state index in [1.807, 2.05) is 13.8 Å². The molecule has 1 aromatic rings. The van der Waals surface area contributed by atoms with Crippen molar-refractivity contribution < 1.29 is 13.2 Å². The maximum absolute atomic E-state index is 11.5. The SMILES string of the molecule is COC(C)(C)c1nnc(S(=O)(=O)Cl)n1CC(C)C. The van der Waals surface area contributed by atoms with E-state index in [1.54, 1.807) is 13.8 Å². The van der Waals surface area contributed by atoms with E-state index >= 15 is 0 Å². The lowest BCUT2D eigenvalue weighted by Crippen LogP contribution is -2.27. The van der Waals surface area contributed by atoms with E-state index in [4.69, 9.17) is 15.4 Å². The zero-order valence-electron chi connectivity index (χ0n) is 11.1. The highest BCUT2D eigenvalue weighted by Crippen LogP contribution is 2.26. The third kappa shape index (κ3) is 3.21. The summed E-state index contributed by atoms with van der Waals surface area (Å²) in [6.07, 6.45) is 0. The van der Waals surface area contributed by atoms with E-state index in [0.29, 0.717) is 12.4 Å². The molecule has 0 bridgehead atoms. The van der Waals surface area contributed by atoms with Crippen molar-refractivity contribution in [3.63, 3.8) is 0 Å². The highest BCUT2D eigenvalue weighted by molar-refractivity contribution is 8.13. The second-order valence-corrected chi connectivity index (χ2v) is 7.42. The minimum Gasteiger partial charge on any atom is -0.371 e. The lowest BCUT2D eigenvalue weighted by molar-refractivity contribution is 0.00732. The molecule has 1 aromatic heterocycles. The van der Waals surface area contributed by atoms with Crippen molar-refractivity contribution in [3.8, 4) is 0 Å². The summed E-state index contributed by atoms with van der Waals surface area (Å²) in [5.74, 6) is 0.669. The van der Waals surface area contributed by atoms with Crippen LogP contribution in [0.2, 0.25) is 0 Å². The van der Waals surface area contributed by atoms with Gasteiger partial charge in [0, 0.05) is 24.3 Å². The number of nitrogens with zero attached hydrogens (tertiary/aromatic N) is 3. The summed E-state index contributed by atoms with van der Waals surface area (Å²) in [6, 6.07) is 0. The summed E-state index contributed by atoms with van der Waals surface area (Å²) >= 11 is 0. The fourth-order valence-electron chi connectivity index (χ4n) is 1.54. The maximum Gasteiger partial charge on any atom is 0.296 e. The molecule has 0 saturated carbocycles. The molecule has 8 heteroatoms. The summed E-state index contributed by atoms with van der Waals surface area (Å²) in [7, 11) is 2.97. The van der Waals surface area contributed by atoms with Crippen molar-refractivity contribution in [1.29, 1.82) is 0 Å². The lowest BCUT2D eigenvalue weighted by Gasteiger charge is -2.23. The molecule has 0 aromatic carbocycles. The standard InChI is InChI=1S/C10H18ClN3O3S/c1-7(2)6-14-8(10(3,4)17-5)12-13-9(14)18(11,15)16/h7H,6H2,1-5H3. The number of rotatable bonds is 5. The summed E-state index contributed by atoms with van der Waals surface area (Å²) in [4.78, 5) is 0.